The molecule has 0 saturated carbocycles. The van der Waals surface area contributed by atoms with Crippen LogP contribution in [-0.2, 0) is 9.84 Å². The summed E-state index contributed by atoms with van der Waals surface area (Å²) in [6.45, 7) is 3.65. The van der Waals surface area contributed by atoms with Crippen LogP contribution in [0.3, 0.4) is 0 Å². The number of pyridine rings is 1. The topological polar surface area (TPSA) is 85.1 Å². The molecular weight excluding hydrogens is 270 g/mol. The summed E-state index contributed by atoms with van der Waals surface area (Å²) in [6.07, 6.45) is 2.80. The van der Waals surface area contributed by atoms with Crippen LogP contribution in [0.5, 0.6) is 0 Å². The van der Waals surface area contributed by atoms with E-state index in [1.165, 1.54) is 6.26 Å². The van der Waals surface area contributed by atoms with Crippen molar-refractivity contribution in [3.8, 4) is 0 Å². The zero-order chi connectivity index (χ0) is 14.0. The van der Waals surface area contributed by atoms with E-state index in [4.69, 9.17) is 18.0 Å². The van der Waals surface area contributed by atoms with E-state index >= 15 is 0 Å². The van der Waals surface area contributed by atoms with E-state index in [0.717, 1.165) is 5.69 Å². The maximum atomic E-state index is 11.5. The number of hydrogen-bond acceptors (Lipinski definition) is 5. The Bertz CT molecular complexity index is 536. The highest BCUT2D eigenvalue weighted by Crippen LogP contribution is 2.16. The predicted octanol–water partition coefficient (Wildman–Crippen LogP) is 0.951. The first-order valence-corrected chi connectivity index (χ1v) is 7.63. The lowest BCUT2D eigenvalue weighted by Gasteiger charge is -2.23. The molecule has 0 aromatic carbocycles. The number of nitrogens with two attached hydrogens (primary N) is 1. The first-order valence-electron chi connectivity index (χ1n) is 5.33. The second kappa shape index (κ2) is 5.19. The molecular formula is C11H17N3O2S2. The fraction of sp³-hybridized carbons (Fsp3) is 0.455. The highest BCUT2D eigenvalue weighted by molar-refractivity contribution is 7.92. The largest absolute Gasteiger partial charge is 0.388 e. The number of anilines is 1. The maximum Gasteiger partial charge on any atom is 0.154 e. The number of hydrogen-bond donors (Lipinski definition) is 2. The van der Waals surface area contributed by atoms with Crippen molar-refractivity contribution in [3.63, 3.8) is 0 Å². The van der Waals surface area contributed by atoms with Crippen LogP contribution >= 0.6 is 12.2 Å². The Hall–Kier alpha value is -1.21. The van der Waals surface area contributed by atoms with Gasteiger partial charge in [-0.1, -0.05) is 12.2 Å². The van der Waals surface area contributed by atoms with Crippen molar-refractivity contribution in [1.82, 2.24) is 4.98 Å². The molecule has 1 aromatic heterocycles. The van der Waals surface area contributed by atoms with Gasteiger partial charge in [-0.3, -0.25) is 4.98 Å². The molecule has 0 aliphatic rings. The molecule has 5 nitrogen and oxygen atoms in total. The van der Waals surface area contributed by atoms with Crippen LogP contribution in [0.15, 0.2) is 18.3 Å². The summed E-state index contributed by atoms with van der Waals surface area (Å²) in [7, 11) is -3.12. The molecule has 1 heterocycles. The lowest BCUT2D eigenvalue weighted by molar-refractivity contribution is 0.560. The second-order valence-corrected chi connectivity index (χ2v) is 7.77. The van der Waals surface area contributed by atoms with Gasteiger partial charge in [0.05, 0.1) is 22.3 Å². The molecule has 3 N–H and O–H groups in total. The normalized spacial score (nSPS) is 12.2. The molecule has 0 radical (unpaired) electrons. The van der Waals surface area contributed by atoms with Crippen molar-refractivity contribution >= 4 is 32.7 Å². The van der Waals surface area contributed by atoms with Crippen molar-refractivity contribution in [1.29, 1.82) is 0 Å². The summed E-state index contributed by atoms with van der Waals surface area (Å²) < 4.78 is 22.2. The highest BCUT2D eigenvalue weighted by Gasteiger charge is 2.29. The molecule has 0 aliphatic carbocycles. The van der Waals surface area contributed by atoms with Gasteiger partial charge < -0.3 is 11.1 Å². The summed E-state index contributed by atoms with van der Waals surface area (Å²) >= 11 is 4.79. The number of nitrogens with zero attached hydrogens (tertiary/aromatic N) is 1. The summed E-state index contributed by atoms with van der Waals surface area (Å²) in [4.78, 5) is 4.30. The number of sulfone groups is 1. The molecule has 0 unspecified atom stereocenters. The Labute approximate surface area is 113 Å². The molecule has 0 bridgehead atoms. The minimum absolute atomic E-state index is 0.234. The molecule has 0 saturated heterocycles. The molecule has 0 aliphatic heterocycles. The van der Waals surface area contributed by atoms with Gasteiger partial charge in [0.15, 0.2) is 9.84 Å². The van der Waals surface area contributed by atoms with Gasteiger partial charge in [-0.05, 0) is 26.0 Å². The van der Waals surface area contributed by atoms with Gasteiger partial charge in [0.2, 0.25) is 0 Å². The van der Waals surface area contributed by atoms with Crippen molar-refractivity contribution in [2.24, 2.45) is 5.73 Å². The van der Waals surface area contributed by atoms with E-state index in [1.807, 2.05) is 0 Å². The Kier molecular flexibility index (Phi) is 4.28. The summed E-state index contributed by atoms with van der Waals surface area (Å²) in [5, 5.41) is 3.03. The smallest absolute Gasteiger partial charge is 0.154 e. The van der Waals surface area contributed by atoms with Crippen LogP contribution in [0.2, 0.25) is 0 Å². The highest BCUT2D eigenvalue weighted by atomic mass is 32.2. The molecule has 1 aromatic rings. The van der Waals surface area contributed by atoms with Gasteiger partial charge in [0.1, 0.15) is 4.99 Å². The van der Waals surface area contributed by atoms with Crippen molar-refractivity contribution < 1.29 is 8.42 Å². The molecule has 7 heteroatoms. The molecule has 18 heavy (non-hydrogen) atoms. The summed E-state index contributed by atoms with van der Waals surface area (Å²) in [5.74, 6) is 0. The van der Waals surface area contributed by atoms with Crippen molar-refractivity contribution in [3.05, 3.63) is 24.0 Å². The Morgan fingerprint density at radius 2 is 2.11 bits per heavy atom. The van der Waals surface area contributed by atoms with E-state index in [1.54, 1.807) is 32.2 Å². The Morgan fingerprint density at radius 1 is 1.50 bits per heavy atom. The van der Waals surface area contributed by atoms with Crippen LogP contribution in [0.25, 0.3) is 0 Å². The van der Waals surface area contributed by atoms with Gasteiger partial charge in [0, 0.05) is 12.8 Å². The number of thiocarbonyl (C=S) groups is 1. The third-order valence-electron chi connectivity index (χ3n) is 2.74. The number of rotatable bonds is 5. The van der Waals surface area contributed by atoms with Gasteiger partial charge in [-0.2, -0.15) is 0 Å². The van der Waals surface area contributed by atoms with Crippen LogP contribution < -0.4 is 11.1 Å². The minimum atomic E-state index is -3.12. The zero-order valence-electron chi connectivity index (χ0n) is 10.6. The summed E-state index contributed by atoms with van der Waals surface area (Å²) in [6, 6.07) is 3.46. The second-order valence-electron chi connectivity index (χ2n) is 4.68. The molecule has 0 fully saturated rings. The fourth-order valence-electron chi connectivity index (χ4n) is 1.09. The Balaban J connectivity index is 2.73. The standard InChI is InChI=1S/C11H17N3O2S2/c1-11(2,18(3,15)16)7-14-8-4-5-9(10(12)17)13-6-8/h4-6,14H,7H2,1-3H3,(H2,12,17). The monoisotopic (exact) mass is 287 g/mol. The van der Waals surface area contributed by atoms with E-state index < -0.39 is 14.6 Å². The van der Waals surface area contributed by atoms with Crippen molar-refractivity contribution in [2.75, 3.05) is 18.1 Å². The zero-order valence-corrected chi connectivity index (χ0v) is 12.2. The van der Waals surface area contributed by atoms with E-state index in [9.17, 15) is 8.42 Å². The molecule has 0 amide bonds. The SMILES string of the molecule is CC(C)(CNc1ccc(C(N)=S)nc1)S(C)(=O)=O. The van der Waals surface area contributed by atoms with E-state index in [2.05, 4.69) is 10.3 Å². The third kappa shape index (κ3) is 3.64. The van der Waals surface area contributed by atoms with Crippen molar-refractivity contribution in [2.45, 2.75) is 18.6 Å². The molecule has 0 atom stereocenters. The average molecular weight is 287 g/mol. The third-order valence-corrected chi connectivity index (χ3v) is 5.10. The first kappa shape index (κ1) is 14.8. The maximum absolute atomic E-state index is 11.5. The van der Waals surface area contributed by atoms with E-state index in [-0.39, 0.29) is 4.99 Å². The molecule has 1 rings (SSSR count). The van der Waals surface area contributed by atoms with Gasteiger partial charge >= 0.3 is 0 Å². The van der Waals surface area contributed by atoms with E-state index in [0.29, 0.717) is 12.2 Å². The van der Waals surface area contributed by atoms with Crippen LogP contribution in [0.4, 0.5) is 5.69 Å². The predicted molar refractivity (Wildman–Crippen MR) is 77.5 cm³/mol. The Morgan fingerprint density at radius 3 is 2.50 bits per heavy atom. The quantitative estimate of drug-likeness (QED) is 0.784. The van der Waals surface area contributed by atoms with Crippen LogP contribution in [0.1, 0.15) is 19.5 Å². The van der Waals surface area contributed by atoms with Crippen LogP contribution in [0, 0.1) is 0 Å². The lowest BCUT2D eigenvalue weighted by atomic mass is 10.2. The summed E-state index contributed by atoms with van der Waals surface area (Å²) in [5.41, 5.74) is 6.70. The molecule has 0 spiro atoms. The molecule has 100 valence electrons. The van der Waals surface area contributed by atoms with Crippen LogP contribution in [-0.4, -0.2) is 35.9 Å². The first-order chi connectivity index (χ1) is 8.13. The van der Waals surface area contributed by atoms with Gasteiger partial charge in [-0.25, -0.2) is 8.42 Å². The lowest BCUT2D eigenvalue weighted by Crippen LogP contribution is -2.38. The van der Waals surface area contributed by atoms with Gasteiger partial charge in [-0.15, -0.1) is 0 Å². The fourth-order valence-corrected chi connectivity index (χ4v) is 1.55. The van der Waals surface area contributed by atoms with Gasteiger partial charge in [0.25, 0.3) is 0 Å². The number of aromatic nitrogens is 1. The number of nitrogens with one attached hydrogen (secondary N) is 1. The minimum Gasteiger partial charge on any atom is -0.388 e. The average Bonchev–Trinajstić information content (AvgIpc) is 2.25.